The third kappa shape index (κ3) is 5.22. The molecule has 2 amide bonds. The Bertz CT molecular complexity index is 393. The number of likely N-dealkylation sites (tertiary alicyclic amines) is 1. The van der Waals surface area contributed by atoms with E-state index in [-0.39, 0.29) is 24.9 Å². The van der Waals surface area contributed by atoms with E-state index in [2.05, 4.69) is 5.32 Å². The molecule has 1 saturated heterocycles. The van der Waals surface area contributed by atoms with Gasteiger partial charge in [0.05, 0.1) is 0 Å². The molecule has 20 heavy (non-hydrogen) atoms. The monoisotopic (exact) mass is 292 g/mol. The zero-order chi connectivity index (χ0) is 15.3. The molecule has 0 spiro atoms. The van der Waals surface area contributed by atoms with Crippen molar-refractivity contribution in [2.75, 3.05) is 19.6 Å². The predicted octanol–water partition coefficient (Wildman–Crippen LogP) is 1.87. The van der Waals surface area contributed by atoms with Gasteiger partial charge in [-0.1, -0.05) is 5.57 Å². The summed E-state index contributed by atoms with van der Waals surface area (Å²) in [6.07, 6.45) is -2.39. The van der Waals surface area contributed by atoms with Gasteiger partial charge in [0.25, 0.3) is 0 Å². The van der Waals surface area contributed by atoms with E-state index in [9.17, 15) is 22.8 Å². The van der Waals surface area contributed by atoms with Crippen molar-refractivity contribution in [2.24, 2.45) is 5.92 Å². The molecule has 0 saturated carbocycles. The lowest BCUT2D eigenvalue weighted by Crippen LogP contribution is -2.46. The van der Waals surface area contributed by atoms with Gasteiger partial charge in [-0.15, -0.1) is 0 Å². The van der Waals surface area contributed by atoms with Crippen LogP contribution in [0.15, 0.2) is 11.6 Å². The van der Waals surface area contributed by atoms with Crippen LogP contribution < -0.4 is 5.32 Å². The molecule has 0 atom stereocenters. The lowest BCUT2D eigenvalue weighted by molar-refractivity contribution is -0.186. The predicted molar refractivity (Wildman–Crippen MR) is 67.8 cm³/mol. The molecule has 4 nitrogen and oxygen atoms in total. The van der Waals surface area contributed by atoms with E-state index in [0.717, 1.165) is 10.5 Å². The van der Waals surface area contributed by atoms with Crippen LogP contribution in [0.4, 0.5) is 13.2 Å². The molecule has 1 heterocycles. The summed E-state index contributed by atoms with van der Waals surface area (Å²) in [6, 6.07) is 0. The molecule has 7 heteroatoms. The van der Waals surface area contributed by atoms with Gasteiger partial charge in [0.1, 0.15) is 0 Å². The summed E-state index contributed by atoms with van der Waals surface area (Å²) in [5, 5.41) is 2.72. The molecule has 1 aliphatic heterocycles. The summed E-state index contributed by atoms with van der Waals surface area (Å²) in [5.74, 6) is -1.86. The molecule has 1 rings (SSSR count). The van der Waals surface area contributed by atoms with E-state index in [1.54, 1.807) is 13.8 Å². The first-order chi connectivity index (χ1) is 9.20. The maximum atomic E-state index is 12.3. The number of piperidine rings is 1. The van der Waals surface area contributed by atoms with Crippen molar-refractivity contribution in [1.29, 1.82) is 0 Å². The summed E-state index contributed by atoms with van der Waals surface area (Å²) < 4.78 is 36.8. The molecule has 0 aromatic carbocycles. The van der Waals surface area contributed by atoms with Gasteiger partial charge in [0, 0.05) is 25.7 Å². The Morgan fingerprint density at radius 2 is 1.80 bits per heavy atom. The van der Waals surface area contributed by atoms with Crippen molar-refractivity contribution in [1.82, 2.24) is 10.2 Å². The van der Waals surface area contributed by atoms with Gasteiger partial charge in [0.15, 0.2) is 0 Å². The summed E-state index contributed by atoms with van der Waals surface area (Å²) in [7, 11) is 0. The number of rotatable bonds is 3. The van der Waals surface area contributed by atoms with Crippen LogP contribution in [0.25, 0.3) is 0 Å². The van der Waals surface area contributed by atoms with Crippen molar-refractivity contribution in [3.05, 3.63) is 11.6 Å². The number of carbonyl (C=O) groups excluding carboxylic acids is 2. The Kier molecular flexibility index (Phi) is 5.59. The number of hydrogen-bond donors (Lipinski definition) is 1. The number of hydrogen-bond acceptors (Lipinski definition) is 2. The molecule has 0 aromatic rings. The van der Waals surface area contributed by atoms with E-state index >= 15 is 0 Å². The van der Waals surface area contributed by atoms with Crippen LogP contribution in [0.1, 0.15) is 26.7 Å². The van der Waals surface area contributed by atoms with Gasteiger partial charge < -0.3 is 10.2 Å². The normalized spacial score (nSPS) is 16.8. The number of nitrogens with zero attached hydrogens (tertiary/aromatic N) is 1. The summed E-state index contributed by atoms with van der Waals surface area (Å²) in [5.41, 5.74) is 0.882. The fraction of sp³-hybridized carbons (Fsp3) is 0.692. The SMILES string of the molecule is CC(C)=CC(=O)NCC1CCN(C(=O)C(F)(F)F)CC1. The largest absolute Gasteiger partial charge is 0.471 e. The highest BCUT2D eigenvalue weighted by Gasteiger charge is 2.43. The van der Waals surface area contributed by atoms with Crippen molar-refractivity contribution in [3.63, 3.8) is 0 Å². The molecular weight excluding hydrogens is 273 g/mol. The number of nitrogens with one attached hydrogen (secondary N) is 1. The zero-order valence-corrected chi connectivity index (χ0v) is 11.6. The maximum Gasteiger partial charge on any atom is 0.471 e. The van der Waals surface area contributed by atoms with E-state index in [0.29, 0.717) is 19.4 Å². The minimum absolute atomic E-state index is 0.0848. The van der Waals surface area contributed by atoms with Crippen molar-refractivity contribution < 1.29 is 22.8 Å². The average molecular weight is 292 g/mol. The molecule has 0 radical (unpaired) electrons. The second kappa shape index (κ2) is 6.76. The topological polar surface area (TPSA) is 49.4 Å². The summed E-state index contributed by atoms with van der Waals surface area (Å²) >= 11 is 0. The lowest BCUT2D eigenvalue weighted by atomic mass is 9.96. The van der Waals surface area contributed by atoms with E-state index in [1.807, 2.05) is 0 Å². The van der Waals surface area contributed by atoms with Crippen LogP contribution in [0, 0.1) is 5.92 Å². The van der Waals surface area contributed by atoms with Crippen LogP contribution in [-0.2, 0) is 9.59 Å². The zero-order valence-electron chi connectivity index (χ0n) is 11.6. The fourth-order valence-corrected chi connectivity index (χ4v) is 2.08. The van der Waals surface area contributed by atoms with Crippen LogP contribution in [-0.4, -0.2) is 42.5 Å². The Labute approximate surface area is 116 Å². The number of carbonyl (C=O) groups is 2. The smallest absolute Gasteiger partial charge is 0.352 e. The maximum absolute atomic E-state index is 12.3. The second-order valence-corrected chi connectivity index (χ2v) is 5.20. The van der Waals surface area contributed by atoms with Gasteiger partial charge in [-0.25, -0.2) is 0 Å². The summed E-state index contributed by atoms with van der Waals surface area (Å²) in [4.78, 5) is 23.3. The number of halogens is 3. The first-order valence-electron chi connectivity index (χ1n) is 6.49. The molecule has 1 aliphatic rings. The Hall–Kier alpha value is -1.53. The highest BCUT2D eigenvalue weighted by atomic mass is 19.4. The average Bonchev–Trinajstić information content (AvgIpc) is 2.34. The molecule has 1 N–H and O–H groups in total. The quantitative estimate of drug-likeness (QED) is 0.807. The van der Waals surface area contributed by atoms with Crippen molar-refractivity contribution in [2.45, 2.75) is 32.9 Å². The molecular formula is C13H19F3N2O2. The van der Waals surface area contributed by atoms with Crippen LogP contribution in [0.2, 0.25) is 0 Å². The second-order valence-electron chi connectivity index (χ2n) is 5.20. The van der Waals surface area contributed by atoms with Crippen LogP contribution in [0.5, 0.6) is 0 Å². The molecule has 1 fully saturated rings. The van der Waals surface area contributed by atoms with Gasteiger partial charge in [-0.2, -0.15) is 13.2 Å². The number of alkyl halides is 3. The van der Waals surface area contributed by atoms with Crippen LogP contribution in [0.3, 0.4) is 0 Å². The van der Waals surface area contributed by atoms with Crippen molar-refractivity contribution in [3.8, 4) is 0 Å². The first kappa shape index (κ1) is 16.5. The third-order valence-electron chi connectivity index (χ3n) is 3.13. The van der Waals surface area contributed by atoms with E-state index in [4.69, 9.17) is 0 Å². The van der Waals surface area contributed by atoms with Crippen molar-refractivity contribution >= 4 is 11.8 Å². The van der Waals surface area contributed by atoms with Gasteiger partial charge in [0.2, 0.25) is 5.91 Å². The molecule has 0 aromatic heterocycles. The van der Waals surface area contributed by atoms with Gasteiger partial charge in [-0.05, 0) is 32.6 Å². The van der Waals surface area contributed by atoms with E-state index < -0.39 is 12.1 Å². The molecule has 0 aliphatic carbocycles. The highest BCUT2D eigenvalue weighted by molar-refractivity contribution is 5.88. The molecule has 114 valence electrons. The Balaban J connectivity index is 2.35. The van der Waals surface area contributed by atoms with E-state index in [1.165, 1.54) is 6.08 Å². The lowest BCUT2D eigenvalue weighted by Gasteiger charge is -2.32. The highest BCUT2D eigenvalue weighted by Crippen LogP contribution is 2.23. The standard InChI is InChI=1S/C13H19F3N2O2/c1-9(2)7-11(19)17-8-10-3-5-18(6-4-10)12(20)13(14,15)16/h7,10H,3-6,8H2,1-2H3,(H,17,19). The number of allylic oxidation sites excluding steroid dienone is 1. The first-order valence-corrected chi connectivity index (χ1v) is 6.49. The Morgan fingerprint density at radius 3 is 2.25 bits per heavy atom. The minimum atomic E-state index is -4.80. The van der Waals surface area contributed by atoms with Gasteiger partial charge in [-0.3, -0.25) is 9.59 Å². The third-order valence-corrected chi connectivity index (χ3v) is 3.13. The van der Waals surface area contributed by atoms with Crippen LogP contribution >= 0.6 is 0 Å². The fourth-order valence-electron chi connectivity index (χ4n) is 2.08. The summed E-state index contributed by atoms with van der Waals surface area (Å²) in [6.45, 7) is 4.21. The number of amides is 2. The molecule has 0 unspecified atom stereocenters. The molecule has 0 bridgehead atoms. The minimum Gasteiger partial charge on any atom is -0.352 e. The van der Waals surface area contributed by atoms with Gasteiger partial charge >= 0.3 is 12.1 Å². The Morgan fingerprint density at radius 1 is 1.25 bits per heavy atom.